The van der Waals surface area contributed by atoms with Gasteiger partial charge in [0.25, 0.3) is 0 Å². The van der Waals surface area contributed by atoms with Crippen LogP contribution < -0.4 is 5.32 Å². The van der Waals surface area contributed by atoms with Crippen molar-refractivity contribution < 1.29 is 19.4 Å². The van der Waals surface area contributed by atoms with E-state index in [-0.39, 0.29) is 24.0 Å². The number of nitrogens with one attached hydrogen (secondary N) is 1. The minimum Gasteiger partial charge on any atom is -0.444 e. The molecule has 2 N–H and O–H groups in total. The van der Waals surface area contributed by atoms with Crippen molar-refractivity contribution in [1.29, 1.82) is 0 Å². The number of likely N-dealkylation sites (tertiary alicyclic amines) is 1. The number of amides is 2. The van der Waals surface area contributed by atoms with E-state index in [9.17, 15) is 14.7 Å². The largest absolute Gasteiger partial charge is 0.444 e. The van der Waals surface area contributed by atoms with Crippen LogP contribution in [0.5, 0.6) is 0 Å². The third-order valence-electron chi connectivity index (χ3n) is 3.99. The zero-order valence-corrected chi connectivity index (χ0v) is 15.1. The molecule has 3 unspecified atom stereocenters. The molecule has 23 heavy (non-hydrogen) atoms. The Balaban J connectivity index is 2.69. The summed E-state index contributed by atoms with van der Waals surface area (Å²) in [7, 11) is 0. The van der Waals surface area contributed by atoms with Crippen molar-refractivity contribution in [1.82, 2.24) is 10.2 Å². The van der Waals surface area contributed by atoms with E-state index in [0.717, 1.165) is 6.42 Å². The van der Waals surface area contributed by atoms with Crippen molar-refractivity contribution in [3.8, 4) is 0 Å². The first-order valence-electron chi connectivity index (χ1n) is 8.59. The predicted molar refractivity (Wildman–Crippen MR) is 89.1 cm³/mol. The number of rotatable bonds is 5. The zero-order valence-electron chi connectivity index (χ0n) is 15.1. The van der Waals surface area contributed by atoms with Crippen molar-refractivity contribution in [2.24, 2.45) is 5.92 Å². The van der Waals surface area contributed by atoms with Gasteiger partial charge >= 0.3 is 6.09 Å². The van der Waals surface area contributed by atoms with Gasteiger partial charge in [-0.05, 0) is 46.0 Å². The topological polar surface area (TPSA) is 78.9 Å². The maximum atomic E-state index is 12.0. The van der Waals surface area contributed by atoms with Crippen LogP contribution in [0.3, 0.4) is 0 Å². The minimum atomic E-state index is -0.546. The molecule has 6 nitrogen and oxygen atoms in total. The molecule has 0 aromatic carbocycles. The molecule has 1 fully saturated rings. The zero-order chi connectivity index (χ0) is 17.6. The van der Waals surface area contributed by atoms with Crippen LogP contribution in [0.1, 0.15) is 60.3 Å². The van der Waals surface area contributed by atoms with Crippen LogP contribution in [0.4, 0.5) is 4.79 Å². The molecule has 1 rings (SSSR count). The van der Waals surface area contributed by atoms with Gasteiger partial charge in [-0.25, -0.2) is 4.79 Å². The number of aliphatic hydroxyl groups is 1. The van der Waals surface area contributed by atoms with Crippen LogP contribution in [0.15, 0.2) is 0 Å². The number of aliphatic hydroxyl groups excluding tert-OH is 1. The fourth-order valence-electron chi connectivity index (χ4n) is 2.93. The Hall–Kier alpha value is -1.30. The lowest BCUT2D eigenvalue weighted by molar-refractivity contribution is -0.133. The Kier molecular flexibility index (Phi) is 7.32. The molecule has 2 amide bonds. The molecule has 0 bridgehead atoms. The summed E-state index contributed by atoms with van der Waals surface area (Å²) < 4.78 is 5.30. The standard InChI is InChI=1S/C17H32N2O4/c1-6-14(20)9-12-8-13(11-19(10-12)15(21)7-2)18-16(22)23-17(3,4)5/h12-14,20H,6-11H2,1-5H3,(H,18,22). The second-order valence-electron chi connectivity index (χ2n) is 7.39. The van der Waals surface area contributed by atoms with Gasteiger partial charge in [0.1, 0.15) is 5.60 Å². The second kappa shape index (κ2) is 8.52. The van der Waals surface area contributed by atoms with E-state index in [1.54, 1.807) is 4.90 Å². The summed E-state index contributed by atoms with van der Waals surface area (Å²) in [6, 6.07) is -0.136. The lowest BCUT2D eigenvalue weighted by Gasteiger charge is -2.39. The van der Waals surface area contributed by atoms with E-state index in [1.807, 2.05) is 34.6 Å². The average molecular weight is 328 g/mol. The predicted octanol–water partition coefficient (Wildman–Crippen LogP) is 2.30. The van der Waals surface area contributed by atoms with Crippen molar-refractivity contribution in [3.05, 3.63) is 0 Å². The molecule has 1 heterocycles. The summed E-state index contributed by atoms with van der Waals surface area (Å²) in [5.74, 6) is 0.269. The molecule has 134 valence electrons. The van der Waals surface area contributed by atoms with E-state index >= 15 is 0 Å². The first kappa shape index (κ1) is 19.7. The molecule has 6 heteroatoms. The number of hydrogen-bond donors (Lipinski definition) is 2. The molecule has 0 aliphatic carbocycles. The smallest absolute Gasteiger partial charge is 0.407 e. The maximum absolute atomic E-state index is 12.0. The Labute approximate surface area is 139 Å². The lowest BCUT2D eigenvalue weighted by atomic mass is 9.88. The van der Waals surface area contributed by atoms with Crippen LogP contribution in [0.25, 0.3) is 0 Å². The highest BCUT2D eigenvalue weighted by Crippen LogP contribution is 2.23. The molecule has 0 spiro atoms. The molecular formula is C17H32N2O4. The van der Waals surface area contributed by atoms with Gasteiger partial charge in [0.2, 0.25) is 5.91 Å². The number of ether oxygens (including phenoxy) is 1. The van der Waals surface area contributed by atoms with Crippen molar-refractivity contribution >= 4 is 12.0 Å². The maximum Gasteiger partial charge on any atom is 0.407 e. The van der Waals surface area contributed by atoms with E-state index in [4.69, 9.17) is 4.74 Å². The van der Waals surface area contributed by atoms with Gasteiger partial charge in [-0.3, -0.25) is 4.79 Å². The number of carbonyl (C=O) groups is 2. The number of alkyl carbamates (subject to hydrolysis) is 1. The van der Waals surface area contributed by atoms with E-state index in [1.165, 1.54) is 0 Å². The molecule has 0 aromatic heterocycles. The Morgan fingerprint density at radius 2 is 1.96 bits per heavy atom. The molecule has 0 radical (unpaired) electrons. The number of hydrogen-bond acceptors (Lipinski definition) is 4. The van der Waals surface area contributed by atoms with Crippen LogP contribution in [0.2, 0.25) is 0 Å². The summed E-state index contributed by atoms with van der Waals surface area (Å²) in [6.07, 6.45) is 1.73. The molecule has 0 aromatic rings. The van der Waals surface area contributed by atoms with Crippen LogP contribution in [-0.2, 0) is 9.53 Å². The van der Waals surface area contributed by atoms with Gasteiger partial charge in [-0.1, -0.05) is 13.8 Å². The number of piperidine rings is 1. The minimum absolute atomic E-state index is 0.0803. The van der Waals surface area contributed by atoms with Gasteiger partial charge in [0, 0.05) is 19.5 Å². The Bertz CT molecular complexity index is 406. The number of carbonyl (C=O) groups excluding carboxylic acids is 2. The van der Waals surface area contributed by atoms with Crippen LogP contribution in [0, 0.1) is 5.92 Å². The summed E-state index contributed by atoms with van der Waals surface area (Å²) >= 11 is 0. The third-order valence-corrected chi connectivity index (χ3v) is 3.99. The third kappa shape index (κ3) is 7.20. The van der Waals surface area contributed by atoms with Crippen molar-refractivity contribution in [2.75, 3.05) is 13.1 Å². The SMILES string of the molecule is CCC(=O)N1CC(CC(O)CC)CC(NC(=O)OC(C)(C)C)C1. The second-order valence-corrected chi connectivity index (χ2v) is 7.39. The first-order valence-corrected chi connectivity index (χ1v) is 8.59. The quantitative estimate of drug-likeness (QED) is 0.811. The van der Waals surface area contributed by atoms with Gasteiger partial charge in [0.05, 0.1) is 12.1 Å². The highest BCUT2D eigenvalue weighted by Gasteiger charge is 2.32. The van der Waals surface area contributed by atoms with Gasteiger partial charge in [0.15, 0.2) is 0 Å². The highest BCUT2D eigenvalue weighted by molar-refractivity contribution is 5.76. The van der Waals surface area contributed by atoms with Gasteiger partial charge in [-0.2, -0.15) is 0 Å². The molecule has 0 saturated carbocycles. The van der Waals surface area contributed by atoms with E-state index < -0.39 is 11.7 Å². The Morgan fingerprint density at radius 1 is 1.30 bits per heavy atom. The molecule has 1 aliphatic rings. The Morgan fingerprint density at radius 3 is 2.48 bits per heavy atom. The molecule has 1 saturated heterocycles. The average Bonchev–Trinajstić information content (AvgIpc) is 2.43. The fraction of sp³-hybridized carbons (Fsp3) is 0.882. The van der Waals surface area contributed by atoms with Crippen molar-refractivity contribution in [2.45, 2.75) is 78.0 Å². The molecular weight excluding hydrogens is 296 g/mol. The summed E-state index contributed by atoms with van der Waals surface area (Å²) in [5.41, 5.74) is -0.546. The lowest BCUT2D eigenvalue weighted by Crippen LogP contribution is -2.53. The summed E-state index contributed by atoms with van der Waals surface area (Å²) in [6.45, 7) is 10.4. The highest BCUT2D eigenvalue weighted by atomic mass is 16.6. The fourth-order valence-corrected chi connectivity index (χ4v) is 2.93. The van der Waals surface area contributed by atoms with E-state index in [0.29, 0.717) is 32.4 Å². The normalized spacial score (nSPS) is 23.3. The first-order chi connectivity index (χ1) is 10.6. The van der Waals surface area contributed by atoms with Crippen LogP contribution in [-0.4, -0.2) is 52.8 Å². The van der Waals surface area contributed by atoms with Crippen LogP contribution >= 0.6 is 0 Å². The molecule has 3 atom stereocenters. The molecule has 1 aliphatic heterocycles. The summed E-state index contributed by atoms with van der Waals surface area (Å²) in [4.78, 5) is 25.8. The number of nitrogens with zero attached hydrogens (tertiary/aromatic N) is 1. The summed E-state index contributed by atoms with van der Waals surface area (Å²) in [5, 5.41) is 12.8. The van der Waals surface area contributed by atoms with E-state index in [2.05, 4.69) is 5.32 Å². The van der Waals surface area contributed by atoms with Gasteiger partial charge in [-0.15, -0.1) is 0 Å². The van der Waals surface area contributed by atoms with Gasteiger partial charge < -0.3 is 20.1 Å². The monoisotopic (exact) mass is 328 g/mol. The van der Waals surface area contributed by atoms with Crippen molar-refractivity contribution in [3.63, 3.8) is 0 Å².